The van der Waals surface area contributed by atoms with E-state index in [4.69, 9.17) is 5.11 Å². The molecular formula is C13H16BrNO2. The molecule has 0 saturated carbocycles. The van der Waals surface area contributed by atoms with E-state index in [2.05, 4.69) is 34.7 Å². The van der Waals surface area contributed by atoms with Crippen LogP contribution >= 0.6 is 15.9 Å². The molecule has 0 unspecified atom stereocenters. The molecule has 1 N–H and O–H groups in total. The average molecular weight is 298 g/mol. The summed E-state index contributed by atoms with van der Waals surface area (Å²) >= 11 is 3.51. The molecule has 3 nitrogen and oxygen atoms in total. The largest absolute Gasteiger partial charge is 0.478 e. The second-order valence-corrected chi connectivity index (χ2v) is 4.41. The molecule has 0 fully saturated rings. The molecule has 0 saturated heterocycles. The van der Waals surface area contributed by atoms with Crippen LogP contribution < -0.4 is 4.90 Å². The van der Waals surface area contributed by atoms with Crippen molar-refractivity contribution in [2.75, 3.05) is 18.0 Å². The first-order valence-electron chi connectivity index (χ1n) is 5.54. The van der Waals surface area contributed by atoms with Crippen LogP contribution in [0.1, 0.15) is 19.4 Å². The summed E-state index contributed by atoms with van der Waals surface area (Å²) in [5.74, 6) is -0.936. The van der Waals surface area contributed by atoms with Crippen LogP contribution in [-0.4, -0.2) is 24.2 Å². The summed E-state index contributed by atoms with van der Waals surface area (Å²) in [4.78, 5) is 12.6. The minimum Gasteiger partial charge on any atom is -0.478 e. The molecule has 4 heteroatoms. The monoisotopic (exact) mass is 297 g/mol. The van der Waals surface area contributed by atoms with Crippen LogP contribution in [0.5, 0.6) is 0 Å². The van der Waals surface area contributed by atoms with E-state index in [-0.39, 0.29) is 0 Å². The number of aliphatic carboxylic acids is 1. The van der Waals surface area contributed by atoms with Gasteiger partial charge in [0.05, 0.1) is 5.69 Å². The fourth-order valence-corrected chi connectivity index (χ4v) is 2.26. The first-order valence-corrected chi connectivity index (χ1v) is 6.33. The van der Waals surface area contributed by atoms with Gasteiger partial charge in [0.25, 0.3) is 0 Å². The number of carboxylic acid groups (broad SMARTS) is 1. The third-order valence-electron chi connectivity index (χ3n) is 2.49. The molecule has 0 atom stereocenters. The molecule has 0 aromatic heterocycles. The molecule has 1 rings (SSSR count). The quantitative estimate of drug-likeness (QED) is 0.847. The molecule has 17 heavy (non-hydrogen) atoms. The van der Waals surface area contributed by atoms with Gasteiger partial charge < -0.3 is 10.0 Å². The van der Waals surface area contributed by atoms with Crippen LogP contribution in [0, 0.1) is 0 Å². The minimum absolute atomic E-state index is 0.871. The van der Waals surface area contributed by atoms with E-state index >= 15 is 0 Å². The maximum absolute atomic E-state index is 10.4. The lowest BCUT2D eigenvalue weighted by Crippen LogP contribution is -2.22. The zero-order valence-electron chi connectivity index (χ0n) is 9.98. The van der Waals surface area contributed by atoms with E-state index in [0.717, 1.165) is 34.9 Å². The maximum atomic E-state index is 10.4. The Labute approximate surface area is 110 Å². The van der Waals surface area contributed by atoms with Gasteiger partial charge in [-0.05, 0) is 53.5 Å². The molecule has 1 aromatic carbocycles. The van der Waals surface area contributed by atoms with Crippen LogP contribution in [0.2, 0.25) is 0 Å². The van der Waals surface area contributed by atoms with Gasteiger partial charge in [-0.3, -0.25) is 0 Å². The summed E-state index contributed by atoms with van der Waals surface area (Å²) in [7, 11) is 0. The number of benzene rings is 1. The summed E-state index contributed by atoms with van der Waals surface area (Å²) < 4.78 is 0.980. The molecule has 0 aliphatic carbocycles. The normalized spacial score (nSPS) is 10.8. The lowest BCUT2D eigenvalue weighted by molar-refractivity contribution is -0.131. The molecule has 0 bridgehead atoms. The van der Waals surface area contributed by atoms with Crippen molar-refractivity contribution in [3.63, 3.8) is 0 Å². The number of carboxylic acids is 1. The molecular weight excluding hydrogens is 282 g/mol. The van der Waals surface area contributed by atoms with Crippen molar-refractivity contribution in [2.45, 2.75) is 13.8 Å². The van der Waals surface area contributed by atoms with Crippen molar-refractivity contribution < 1.29 is 9.90 Å². The third kappa shape index (κ3) is 3.89. The Morgan fingerprint density at radius 2 is 2.06 bits per heavy atom. The molecule has 0 spiro atoms. The highest BCUT2D eigenvalue weighted by Gasteiger charge is 2.06. The summed E-state index contributed by atoms with van der Waals surface area (Å²) in [5, 5.41) is 8.56. The summed E-state index contributed by atoms with van der Waals surface area (Å²) in [5.41, 5.74) is 2.00. The zero-order chi connectivity index (χ0) is 12.8. The highest BCUT2D eigenvalue weighted by atomic mass is 79.9. The fraction of sp³-hybridized carbons (Fsp3) is 0.308. The number of halogens is 1. The van der Waals surface area contributed by atoms with Gasteiger partial charge in [0.2, 0.25) is 0 Å². The molecule has 0 aliphatic heterocycles. The molecule has 1 aromatic rings. The Bertz CT molecular complexity index is 425. The van der Waals surface area contributed by atoms with Crippen LogP contribution in [0.4, 0.5) is 5.69 Å². The first kappa shape index (κ1) is 13.8. The fourth-order valence-electron chi connectivity index (χ4n) is 1.62. The molecule has 0 amide bonds. The molecule has 92 valence electrons. The first-order chi connectivity index (χ1) is 8.08. The summed E-state index contributed by atoms with van der Waals surface area (Å²) in [6.07, 6.45) is 2.72. The number of hydrogen-bond acceptors (Lipinski definition) is 2. The van der Waals surface area contributed by atoms with E-state index in [1.807, 2.05) is 18.2 Å². The predicted octanol–water partition coefficient (Wildman–Crippen LogP) is 3.39. The number of anilines is 1. The van der Waals surface area contributed by atoms with Crippen LogP contribution in [0.15, 0.2) is 28.7 Å². The van der Waals surface area contributed by atoms with E-state index in [1.54, 1.807) is 6.08 Å². The SMILES string of the molecule is CCN(CC)c1ccc(/C=C/C(=O)O)cc1Br. The van der Waals surface area contributed by atoms with Crippen molar-refractivity contribution in [3.05, 3.63) is 34.3 Å². The average Bonchev–Trinajstić information content (AvgIpc) is 2.30. The Hall–Kier alpha value is -1.29. The molecule has 0 heterocycles. The number of hydrogen-bond donors (Lipinski definition) is 1. The summed E-state index contributed by atoms with van der Waals surface area (Å²) in [6, 6.07) is 5.84. The van der Waals surface area contributed by atoms with Crippen LogP contribution in [0.3, 0.4) is 0 Å². The van der Waals surface area contributed by atoms with E-state index in [0.29, 0.717) is 0 Å². The minimum atomic E-state index is -0.936. The Balaban J connectivity index is 2.97. The van der Waals surface area contributed by atoms with Gasteiger partial charge in [-0.2, -0.15) is 0 Å². The van der Waals surface area contributed by atoms with Crippen molar-refractivity contribution >= 4 is 33.7 Å². The highest BCUT2D eigenvalue weighted by Crippen LogP contribution is 2.27. The molecule has 0 radical (unpaired) electrons. The smallest absolute Gasteiger partial charge is 0.328 e. The van der Waals surface area contributed by atoms with E-state index < -0.39 is 5.97 Å². The Kier molecular flexibility index (Phi) is 5.22. The zero-order valence-corrected chi connectivity index (χ0v) is 11.6. The lowest BCUT2D eigenvalue weighted by atomic mass is 10.2. The number of rotatable bonds is 5. The predicted molar refractivity (Wildman–Crippen MR) is 74.4 cm³/mol. The van der Waals surface area contributed by atoms with Gasteiger partial charge in [0.1, 0.15) is 0 Å². The maximum Gasteiger partial charge on any atom is 0.328 e. The van der Waals surface area contributed by atoms with E-state index in [9.17, 15) is 4.79 Å². The highest BCUT2D eigenvalue weighted by molar-refractivity contribution is 9.10. The van der Waals surface area contributed by atoms with Crippen LogP contribution in [0.25, 0.3) is 6.08 Å². The number of nitrogens with zero attached hydrogens (tertiary/aromatic N) is 1. The second kappa shape index (κ2) is 6.45. The van der Waals surface area contributed by atoms with Crippen LogP contribution in [-0.2, 0) is 4.79 Å². The second-order valence-electron chi connectivity index (χ2n) is 3.55. The van der Waals surface area contributed by atoms with Gasteiger partial charge in [0, 0.05) is 23.6 Å². The van der Waals surface area contributed by atoms with Gasteiger partial charge in [-0.1, -0.05) is 6.07 Å². The van der Waals surface area contributed by atoms with Gasteiger partial charge in [-0.15, -0.1) is 0 Å². The topological polar surface area (TPSA) is 40.5 Å². The third-order valence-corrected chi connectivity index (χ3v) is 3.13. The summed E-state index contributed by atoms with van der Waals surface area (Å²) in [6.45, 7) is 6.10. The van der Waals surface area contributed by atoms with Crippen molar-refractivity contribution in [3.8, 4) is 0 Å². The van der Waals surface area contributed by atoms with E-state index in [1.165, 1.54) is 0 Å². The van der Waals surface area contributed by atoms with Crippen molar-refractivity contribution in [2.24, 2.45) is 0 Å². The van der Waals surface area contributed by atoms with Gasteiger partial charge in [0.15, 0.2) is 0 Å². The van der Waals surface area contributed by atoms with Crippen molar-refractivity contribution in [1.29, 1.82) is 0 Å². The standard InChI is InChI=1S/C13H16BrNO2/c1-3-15(4-2)12-7-5-10(9-11(12)14)6-8-13(16)17/h5-9H,3-4H2,1-2H3,(H,16,17)/b8-6+. The Morgan fingerprint density at radius 1 is 1.41 bits per heavy atom. The Morgan fingerprint density at radius 3 is 2.53 bits per heavy atom. The molecule has 0 aliphatic rings. The van der Waals surface area contributed by atoms with Gasteiger partial charge in [-0.25, -0.2) is 4.79 Å². The van der Waals surface area contributed by atoms with Gasteiger partial charge >= 0.3 is 5.97 Å². The van der Waals surface area contributed by atoms with Crippen molar-refractivity contribution in [1.82, 2.24) is 0 Å². The lowest BCUT2D eigenvalue weighted by Gasteiger charge is -2.22. The number of carbonyl (C=O) groups is 1.